The van der Waals surface area contributed by atoms with Crippen molar-refractivity contribution in [1.29, 1.82) is 0 Å². The van der Waals surface area contributed by atoms with Crippen LogP contribution in [0.1, 0.15) is 60.5 Å². The molecule has 0 fully saturated rings. The first-order chi connectivity index (χ1) is 14.5. The van der Waals surface area contributed by atoms with Crippen molar-refractivity contribution in [3.63, 3.8) is 0 Å². The SMILES string of the molecule is COc1cc(C(=O)Nc2nc3c(s2)CCCCCC3)ccc1OCC(=O)NC(C)C. The molecule has 0 spiro atoms. The summed E-state index contributed by atoms with van der Waals surface area (Å²) < 4.78 is 10.9. The summed E-state index contributed by atoms with van der Waals surface area (Å²) in [5.74, 6) is 0.337. The highest BCUT2D eigenvalue weighted by Gasteiger charge is 2.17. The zero-order chi connectivity index (χ0) is 21.5. The predicted molar refractivity (Wildman–Crippen MR) is 118 cm³/mol. The van der Waals surface area contributed by atoms with Gasteiger partial charge in [0.1, 0.15) is 0 Å². The highest BCUT2D eigenvalue weighted by molar-refractivity contribution is 7.15. The zero-order valence-corrected chi connectivity index (χ0v) is 18.6. The summed E-state index contributed by atoms with van der Waals surface area (Å²) in [6, 6.07) is 4.93. The van der Waals surface area contributed by atoms with Crippen LogP contribution >= 0.6 is 11.3 Å². The molecule has 1 heterocycles. The molecule has 2 aromatic rings. The first kappa shape index (κ1) is 22.1. The van der Waals surface area contributed by atoms with Crippen LogP contribution in [-0.4, -0.2) is 36.6 Å². The van der Waals surface area contributed by atoms with E-state index in [9.17, 15) is 9.59 Å². The van der Waals surface area contributed by atoms with Crippen molar-refractivity contribution in [1.82, 2.24) is 10.3 Å². The van der Waals surface area contributed by atoms with Gasteiger partial charge in [-0.1, -0.05) is 12.8 Å². The number of amides is 2. The highest BCUT2D eigenvalue weighted by atomic mass is 32.1. The summed E-state index contributed by atoms with van der Waals surface area (Å²) in [5.41, 5.74) is 1.56. The molecule has 8 heteroatoms. The fourth-order valence-corrected chi connectivity index (χ4v) is 4.41. The Kier molecular flexibility index (Phi) is 7.68. The number of rotatable bonds is 7. The van der Waals surface area contributed by atoms with Gasteiger partial charge in [0.25, 0.3) is 11.8 Å². The Morgan fingerprint density at radius 2 is 1.90 bits per heavy atom. The van der Waals surface area contributed by atoms with Gasteiger partial charge in [0.2, 0.25) is 0 Å². The molecular weight excluding hydrogens is 402 g/mol. The molecule has 0 bridgehead atoms. The number of nitrogens with zero attached hydrogens (tertiary/aromatic N) is 1. The van der Waals surface area contributed by atoms with Crippen LogP contribution in [0, 0.1) is 0 Å². The maximum Gasteiger partial charge on any atom is 0.258 e. The molecule has 1 aromatic carbocycles. The molecule has 7 nitrogen and oxygen atoms in total. The molecule has 162 valence electrons. The lowest BCUT2D eigenvalue weighted by molar-refractivity contribution is -0.123. The maximum atomic E-state index is 12.7. The van der Waals surface area contributed by atoms with E-state index in [2.05, 4.69) is 15.6 Å². The zero-order valence-electron chi connectivity index (χ0n) is 17.7. The molecular formula is C22H29N3O4S. The minimum absolute atomic E-state index is 0.0411. The lowest BCUT2D eigenvalue weighted by atomic mass is 10.0. The van der Waals surface area contributed by atoms with Gasteiger partial charge in [-0.25, -0.2) is 4.98 Å². The lowest BCUT2D eigenvalue weighted by Crippen LogP contribution is -2.34. The highest BCUT2D eigenvalue weighted by Crippen LogP contribution is 2.31. The number of thiazole rings is 1. The van der Waals surface area contributed by atoms with Crippen LogP contribution in [0.25, 0.3) is 0 Å². The van der Waals surface area contributed by atoms with E-state index in [-0.39, 0.29) is 24.5 Å². The summed E-state index contributed by atoms with van der Waals surface area (Å²) in [6.45, 7) is 3.65. The first-order valence-corrected chi connectivity index (χ1v) is 11.2. The molecule has 30 heavy (non-hydrogen) atoms. The molecule has 1 aliphatic carbocycles. The molecule has 2 N–H and O–H groups in total. The Bertz CT molecular complexity index is 869. The number of carbonyl (C=O) groups excluding carboxylic acids is 2. The fraction of sp³-hybridized carbons (Fsp3) is 0.500. The molecule has 1 aromatic heterocycles. The van der Waals surface area contributed by atoms with Gasteiger partial charge in [0.05, 0.1) is 12.8 Å². The monoisotopic (exact) mass is 431 g/mol. The number of anilines is 1. The maximum absolute atomic E-state index is 12.7. The topological polar surface area (TPSA) is 89.6 Å². The van der Waals surface area contributed by atoms with Gasteiger partial charge in [0.15, 0.2) is 23.2 Å². The molecule has 0 atom stereocenters. The van der Waals surface area contributed by atoms with E-state index in [1.54, 1.807) is 29.5 Å². The number of carbonyl (C=O) groups is 2. The summed E-state index contributed by atoms with van der Waals surface area (Å²) in [7, 11) is 1.50. The molecule has 0 aliphatic heterocycles. The third kappa shape index (κ3) is 5.95. The molecule has 0 radical (unpaired) electrons. The molecule has 3 rings (SSSR count). The number of hydrogen-bond acceptors (Lipinski definition) is 6. The van der Waals surface area contributed by atoms with Crippen molar-refractivity contribution in [2.75, 3.05) is 19.0 Å². The minimum atomic E-state index is -0.251. The number of aryl methyl sites for hydroxylation is 2. The molecule has 0 saturated heterocycles. The van der Waals surface area contributed by atoms with Gasteiger partial charge in [-0.05, 0) is 57.7 Å². The van der Waals surface area contributed by atoms with Gasteiger partial charge < -0.3 is 14.8 Å². The largest absolute Gasteiger partial charge is 0.493 e. The number of fused-ring (bicyclic) bond motifs is 1. The van der Waals surface area contributed by atoms with E-state index in [0.29, 0.717) is 22.2 Å². The number of ether oxygens (including phenoxy) is 2. The minimum Gasteiger partial charge on any atom is -0.493 e. The number of benzene rings is 1. The van der Waals surface area contributed by atoms with Crippen LogP contribution in [0.3, 0.4) is 0 Å². The third-order valence-electron chi connectivity index (χ3n) is 4.80. The van der Waals surface area contributed by atoms with Crippen molar-refractivity contribution < 1.29 is 19.1 Å². The molecule has 2 amide bonds. The van der Waals surface area contributed by atoms with Gasteiger partial charge in [0, 0.05) is 16.5 Å². The van der Waals surface area contributed by atoms with E-state index in [1.807, 2.05) is 13.8 Å². The Morgan fingerprint density at radius 1 is 1.13 bits per heavy atom. The molecule has 0 saturated carbocycles. The molecule has 1 aliphatic rings. The fourth-order valence-electron chi connectivity index (χ4n) is 3.36. The second kappa shape index (κ2) is 10.4. The summed E-state index contributed by atoms with van der Waals surface area (Å²) in [6.07, 6.45) is 6.84. The first-order valence-electron chi connectivity index (χ1n) is 10.4. The van der Waals surface area contributed by atoms with Crippen LogP contribution in [-0.2, 0) is 17.6 Å². The summed E-state index contributed by atoms with van der Waals surface area (Å²) >= 11 is 1.57. The third-order valence-corrected chi connectivity index (χ3v) is 5.87. The number of nitrogens with one attached hydrogen (secondary N) is 2. The van der Waals surface area contributed by atoms with Crippen molar-refractivity contribution in [3.8, 4) is 11.5 Å². The number of hydrogen-bond donors (Lipinski definition) is 2. The van der Waals surface area contributed by atoms with Gasteiger partial charge in [-0.3, -0.25) is 14.9 Å². The molecule has 0 unspecified atom stereocenters. The smallest absolute Gasteiger partial charge is 0.258 e. The lowest BCUT2D eigenvalue weighted by Gasteiger charge is -2.13. The van der Waals surface area contributed by atoms with Crippen LogP contribution < -0.4 is 20.1 Å². The van der Waals surface area contributed by atoms with Crippen molar-refractivity contribution in [2.24, 2.45) is 0 Å². The van der Waals surface area contributed by atoms with Crippen molar-refractivity contribution >= 4 is 28.3 Å². The van der Waals surface area contributed by atoms with E-state index in [1.165, 1.54) is 31.2 Å². The van der Waals surface area contributed by atoms with Crippen LogP contribution in [0.5, 0.6) is 11.5 Å². The quantitative estimate of drug-likeness (QED) is 0.692. The Balaban J connectivity index is 1.66. The average molecular weight is 432 g/mol. The van der Waals surface area contributed by atoms with Gasteiger partial charge in [-0.15, -0.1) is 11.3 Å². The number of methoxy groups -OCH3 is 1. The predicted octanol–water partition coefficient (Wildman–Crippen LogP) is 3.97. The second-order valence-corrected chi connectivity index (χ2v) is 8.72. The Morgan fingerprint density at radius 3 is 2.63 bits per heavy atom. The van der Waals surface area contributed by atoms with E-state index in [0.717, 1.165) is 25.0 Å². The Labute approximate surface area is 181 Å². The van der Waals surface area contributed by atoms with E-state index >= 15 is 0 Å². The van der Waals surface area contributed by atoms with Crippen molar-refractivity contribution in [3.05, 3.63) is 34.3 Å². The van der Waals surface area contributed by atoms with E-state index in [4.69, 9.17) is 9.47 Å². The van der Waals surface area contributed by atoms with E-state index < -0.39 is 0 Å². The van der Waals surface area contributed by atoms with Gasteiger partial charge in [-0.2, -0.15) is 0 Å². The summed E-state index contributed by atoms with van der Waals surface area (Å²) in [5, 5.41) is 6.30. The van der Waals surface area contributed by atoms with Gasteiger partial charge >= 0.3 is 0 Å². The normalized spacial score (nSPS) is 13.7. The van der Waals surface area contributed by atoms with Crippen LogP contribution in [0.15, 0.2) is 18.2 Å². The second-order valence-electron chi connectivity index (χ2n) is 7.63. The van der Waals surface area contributed by atoms with Crippen molar-refractivity contribution in [2.45, 2.75) is 58.4 Å². The van der Waals surface area contributed by atoms with Crippen LogP contribution in [0.2, 0.25) is 0 Å². The standard InChI is InChI=1S/C22H29N3O4S/c1-14(2)23-20(26)13-29-17-11-10-15(12-18(17)28-3)21(27)25-22-24-16-8-6-4-5-7-9-19(16)30-22/h10-12,14H,4-9,13H2,1-3H3,(H,23,26)(H,24,25,27). The Hall–Kier alpha value is -2.61. The summed E-state index contributed by atoms with van der Waals surface area (Å²) in [4.78, 5) is 30.4. The van der Waals surface area contributed by atoms with Crippen LogP contribution in [0.4, 0.5) is 5.13 Å². The number of aromatic nitrogens is 1. The average Bonchev–Trinajstić information content (AvgIpc) is 3.06.